The second-order valence-electron chi connectivity index (χ2n) is 6.47. The van der Waals surface area contributed by atoms with E-state index in [-0.39, 0.29) is 0 Å². The van der Waals surface area contributed by atoms with Gasteiger partial charge in [-0.3, -0.25) is 0 Å². The lowest BCUT2D eigenvalue weighted by Gasteiger charge is -2.39. The van der Waals surface area contributed by atoms with Crippen molar-refractivity contribution >= 4 is 0 Å². The van der Waals surface area contributed by atoms with Crippen LogP contribution in [0.15, 0.2) is 0 Å². The molecule has 2 rings (SSSR count). The third kappa shape index (κ3) is 3.48. The van der Waals surface area contributed by atoms with Gasteiger partial charge in [-0.05, 0) is 57.8 Å². The summed E-state index contributed by atoms with van der Waals surface area (Å²) in [5.41, 5.74) is 0.445. The van der Waals surface area contributed by atoms with Gasteiger partial charge < -0.3 is 5.32 Å². The van der Waals surface area contributed by atoms with Crippen molar-refractivity contribution in [3.8, 4) is 0 Å². The van der Waals surface area contributed by atoms with Crippen LogP contribution in [0.4, 0.5) is 0 Å². The highest BCUT2D eigenvalue weighted by Gasteiger charge is 2.32. The zero-order chi connectivity index (χ0) is 10.9. The standard InChI is InChI=1S/C14H27N/c1-11-6-8-14(3,9-7-11)15-12(2)10-13-4-5-13/h11-13,15H,4-10H2,1-3H3. The van der Waals surface area contributed by atoms with Crippen molar-refractivity contribution in [2.45, 2.75) is 77.3 Å². The number of hydrogen-bond acceptors (Lipinski definition) is 1. The van der Waals surface area contributed by atoms with Crippen LogP contribution in [0.2, 0.25) is 0 Å². The van der Waals surface area contributed by atoms with Crippen molar-refractivity contribution in [1.82, 2.24) is 5.32 Å². The minimum Gasteiger partial charge on any atom is -0.309 e. The highest BCUT2D eigenvalue weighted by Crippen LogP contribution is 2.36. The Balaban J connectivity index is 1.75. The third-order valence-electron chi connectivity index (χ3n) is 4.36. The van der Waals surface area contributed by atoms with E-state index in [2.05, 4.69) is 26.1 Å². The van der Waals surface area contributed by atoms with Crippen molar-refractivity contribution in [1.29, 1.82) is 0 Å². The van der Waals surface area contributed by atoms with E-state index in [1.807, 2.05) is 0 Å². The molecule has 2 saturated carbocycles. The fourth-order valence-corrected chi connectivity index (χ4v) is 3.05. The van der Waals surface area contributed by atoms with Gasteiger partial charge in [-0.15, -0.1) is 0 Å². The zero-order valence-corrected chi connectivity index (χ0v) is 10.7. The maximum absolute atomic E-state index is 3.89. The van der Waals surface area contributed by atoms with Crippen LogP contribution < -0.4 is 5.32 Å². The molecule has 1 nitrogen and oxygen atoms in total. The van der Waals surface area contributed by atoms with Crippen LogP contribution in [-0.2, 0) is 0 Å². The summed E-state index contributed by atoms with van der Waals surface area (Å²) < 4.78 is 0. The molecule has 0 radical (unpaired) electrons. The van der Waals surface area contributed by atoms with Crippen molar-refractivity contribution in [2.75, 3.05) is 0 Å². The first kappa shape index (κ1) is 11.4. The summed E-state index contributed by atoms with van der Waals surface area (Å²) >= 11 is 0. The Hall–Kier alpha value is -0.0400. The van der Waals surface area contributed by atoms with Crippen LogP contribution in [0, 0.1) is 11.8 Å². The summed E-state index contributed by atoms with van der Waals surface area (Å²) in [5, 5.41) is 3.89. The molecule has 1 heteroatoms. The lowest BCUT2D eigenvalue weighted by Crippen LogP contribution is -2.49. The molecule has 0 aromatic heterocycles. The fourth-order valence-electron chi connectivity index (χ4n) is 3.05. The van der Waals surface area contributed by atoms with Crippen LogP contribution in [0.5, 0.6) is 0 Å². The lowest BCUT2D eigenvalue weighted by molar-refractivity contribution is 0.193. The molecule has 1 N–H and O–H groups in total. The maximum Gasteiger partial charge on any atom is 0.0156 e. The lowest BCUT2D eigenvalue weighted by atomic mass is 9.78. The Morgan fingerprint density at radius 1 is 1.20 bits per heavy atom. The molecule has 2 aliphatic rings. The molecule has 0 aromatic rings. The van der Waals surface area contributed by atoms with E-state index in [4.69, 9.17) is 0 Å². The topological polar surface area (TPSA) is 12.0 Å². The monoisotopic (exact) mass is 209 g/mol. The summed E-state index contributed by atoms with van der Waals surface area (Å²) in [6, 6.07) is 0.732. The number of hydrogen-bond donors (Lipinski definition) is 1. The van der Waals surface area contributed by atoms with E-state index < -0.39 is 0 Å². The van der Waals surface area contributed by atoms with Gasteiger partial charge in [0.1, 0.15) is 0 Å². The summed E-state index contributed by atoms with van der Waals surface area (Å²) in [6.45, 7) is 7.21. The SMILES string of the molecule is CC1CCC(C)(NC(C)CC2CC2)CC1. The number of nitrogens with one attached hydrogen (secondary N) is 1. The fraction of sp³-hybridized carbons (Fsp3) is 1.00. The Labute approximate surface area is 95.0 Å². The second kappa shape index (κ2) is 4.45. The molecular formula is C14H27N. The van der Waals surface area contributed by atoms with Crippen LogP contribution >= 0.6 is 0 Å². The van der Waals surface area contributed by atoms with Gasteiger partial charge in [0.15, 0.2) is 0 Å². The second-order valence-corrected chi connectivity index (χ2v) is 6.47. The molecule has 1 unspecified atom stereocenters. The molecular weight excluding hydrogens is 182 g/mol. The van der Waals surface area contributed by atoms with Gasteiger partial charge in [0.25, 0.3) is 0 Å². The predicted octanol–water partition coefficient (Wildman–Crippen LogP) is 3.73. The normalized spacial score (nSPS) is 39.0. The van der Waals surface area contributed by atoms with Gasteiger partial charge in [-0.25, -0.2) is 0 Å². The van der Waals surface area contributed by atoms with Crippen LogP contribution in [0.25, 0.3) is 0 Å². The van der Waals surface area contributed by atoms with Gasteiger partial charge in [0.05, 0.1) is 0 Å². The molecule has 0 aromatic carbocycles. The number of rotatable bonds is 4. The quantitative estimate of drug-likeness (QED) is 0.744. The maximum atomic E-state index is 3.89. The molecule has 0 amide bonds. The van der Waals surface area contributed by atoms with Crippen molar-refractivity contribution in [2.24, 2.45) is 11.8 Å². The van der Waals surface area contributed by atoms with E-state index >= 15 is 0 Å². The highest BCUT2D eigenvalue weighted by atomic mass is 15.0. The van der Waals surface area contributed by atoms with Gasteiger partial charge in [0.2, 0.25) is 0 Å². The predicted molar refractivity (Wildman–Crippen MR) is 66.0 cm³/mol. The Kier molecular flexibility index (Phi) is 3.39. The van der Waals surface area contributed by atoms with Crippen molar-refractivity contribution in [3.05, 3.63) is 0 Å². The third-order valence-corrected chi connectivity index (χ3v) is 4.36. The van der Waals surface area contributed by atoms with Crippen LogP contribution in [0.3, 0.4) is 0 Å². The Morgan fingerprint density at radius 3 is 2.33 bits per heavy atom. The average molecular weight is 209 g/mol. The molecule has 0 bridgehead atoms. The molecule has 0 heterocycles. The smallest absolute Gasteiger partial charge is 0.0156 e. The molecule has 0 spiro atoms. The first-order chi connectivity index (χ1) is 7.07. The molecule has 0 aliphatic heterocycles. The van der Waals surface area contributed by atoms with Gasteiger partial charge >= 0.3 is 0 Å². The summed E-state index contributed by atoms with van der Waals surface area (Å²) in [5.74, 6) is 2.01. The van der Waals surface area contributed by atoms with E-state index in [9.17, 15) is 0 Å². The molecule has 88 valence electrons. The van der Waals surface area contributed by atoms with Crippen LogP contribution in [0.1, 0.15) is 65.7 Å². The average Bonchev–Trinajstić information content (AvgIpc) is 2.94. The first-order valence-electron chi connectivity index (χ1n) is 6.85. The minimum absolute atomic E-state index is 0.445. The Morgan fingerprint density at radius 2 is 1.80 bits per heavy atom. The van der Waals surface area contributed by atoms with Gasteiger partial charge in [-0.2, -0.15) is 0 Å². The molecule has 15 heavy (non-hydrogen) atoms. The first-order valence-corrected chi connectivity index (χ1v) is 6.85. The molecule has 2 fully saturated rings. The van der Waals surface area contributed by atoms with Crippen molar-refractivity contribution < 1.29 is 0 Å². The molecule has 1 atom stereocenters. The van der Waals surface area contributed by atoms with E-state index in [0.717, 1.165) is 17.9 Å². The summed E-state index contributed by atoms with van der Waals surface area (Å²) in [4.78, 5) is 0. The zero-order valence-electron chi connectivity index (χ0n) is 10.7. The van der Waals surface area contributed by atoms with Crippen LogP contribution in [-0.4, -0.2) is 11.6 Å². The molecule has 2 aliphatic carbocycles. The largest absolute Gasteiger partial charge is 0.309 e. The summed E-state index contributed by atoms with van der Waals surface area (Å²) in [7, 11) is 0. The Bertz CT molecular complexity index is 199. The highest BCUT2D eigenvalue weighted by molar-refractivity contribution is 4.91. The van der Waals surface area contributed by atoms with Crippen molar-refractivity contribution in [3.63, 3.8) is 0 Å². The van der Waals surface area contributed by atoms with E-state index in [0.29, 0.717) is 5.54 Å². The molecule has 0 saturated heterocycles. The van der Waals surface area contributed by atoms with Gasteiger partial charge in [-0.1, -0.05) is 19.8 Å². The van der Waals surface area contributed by atoms with E-state index in [1.54, 1.807) is 0 Å². The minimum atomic E-state index is 0.445. The summed E-state index contributed by atoms with van der Waals surface area (Å²) in [6.07, 6.45) is 9.97. The van der Waals surface area contributed by atoms with E-state index in [1.165, 1.54) is 44.9 Å². The van der Waals surface area contributed by atoms with Gasteiger partial charge in [0, 0.05) is 11.6 Å².